The summed E-state index contributed by atoms with van der Waals surface area (Å²) in [7, 11) is 0. The predicted octanol–water partition coefficient (Wildman–Crippen LogP) is 2.68. The van der Waals surface area contributed by atoms with Crippen LogP contribution in [0.15, 0.2) is 18.2 Å². The first kappa shape index (κ1) is 13.8. The normalized spacial score (nSPS) is 11.3. The van der Waals surface area contributed by atoms with Crippen LogP contribution in [0.1, 0.15) is 20.8 Å². The minimum absolute atomic E-state index is 0.0184. The van der Waals surface area contributed by atoms with Crippen LogP contribution in [0.4, 0.5) is 11.4 Å². The van der Waals surface area contributed by atoms with Crippen LogP contribution in [0.2, 0.25) is 5.02 Å². The molecule has 1 aromatic rings. The lowest BCUT2D eigenvalue weighted by Crippen LogP contribution is -2.27. The van der Waals surface area contributed by atoms with Crippen molar-refractivity contribution in [3.05, 3.63) is 23.2 Å². The van der Waals surface area contributed by atoms with Gasteiger partial charge in [-0.15, -0.1) is 0 Å². The third-order valence-corrected chi connectivity index (χ3v) is 2.16. The zero-order valence-corrected chi connectivity index (χ0v) is 11.0. The number of amides is 1. The van der Waals surface area contributed by atoms with Crippen molar-refractivity contribution in [2.45, 2.75) is 26.4 Å². The van der Waals surface area contributed by atoms with Gasteiger partial charge >= 0.3 is 0 Å². The molecular weight excluding hydrogens is 240 g/mol. The maximum absolute atomic E-state index is 11.6. The highest BCUT2D eigenvalue weighted by molar-refractivity contribution is 6.31. The number of nitrogen functional groups attached to an aromatic ring is 1. The van der Waals surface area contributed by atoms with Gasteiger partial charge in [-0.2, -0.15) is 0 Å². The van der Waals surface area contributed by atoms with Crippen LogP contribution >= 0.6 is 11.6 Å². The molecule has 4 nitrogen and oxygen atoms in total. The van der Waals surface area contributed by atoms with Crippen molar-refractivity contribution < 1.29 is 9.53 Å². The number of carbonyl (C=O) groups is 1. The number of hydrogen-bond donors (Lipinski definition) is 2. The van der Waals surface area contributed by atoms with Crippen molar-refractivity contribution in [2.75, 3.05) is 17.7 Å². The van der Waals surface area contributed by atoms with Gasteiger partial charge in [-0.05, 0) is 39.0 Å². The first-order chi connectivity index (χ1) is 7.78. The Kier molecular flexibility index (Phi) is 4.37. The molecule has 1 amide bonds. The first-order valence-electron chi connectivity index (χ1n) is 5.27. The number of halogens is 1. The van der Waals surface area contributed by atoms with Gasteiger partial charge in [0.1, 0.15) is 6.61 Å². The lowest BCUT2D eigenvalue weighted by atomic mass is 10.2. The standard InChI is InChI=1S/C12H17ClN2O2/c1-12(2,3)17-7-11(16)15-10-6-8(13)4-5-9(10)14/h4-6H,7,14H2,1-3H3,(H,15,16). The molecule has 0 aliphatic rings. The van der Waals surface area contributed by atoms with Gasteiger partial charge in [0.25, 0.3) is 0 Å². The molecule has 0 heterocycles. The number of nitrogens with two attached hydrogens (primary N) is 1. The van der Waals surface area contributed by atoms with Gasteiger partial charge in [-0.3, -0.25) is 4.79 Å². The Morgan fingerprint density at radius 2 is 2.12 bits per heavy atom. The lowest BCUT2D eigenvalue weighted by molar-refractivity contribution is -0.125. The predicted molar refractivity (Wildman–Crippen MR) is 70.2 cm³/mol. The fourth-order valence-corrected chi connectivity index (χ4v) is 1.28. The van der Waals surface area contributed by atoms with Crippen LogP contribution in [0.3, 0.4) is 0 Å². The Morgan fingerprint density at radius 3 is 2.71 bits per heavy atom. The number of ether oxygens (including phenoxy) is 1. The van der Waals surface area contributed by atoms with Crippen LogP contribution in [0.25, 0.3) is 0 Å². The molecule has 0 saturated heterocycles. The molecule has 0 saturated carbocycles. The summed E-state index contributed by atoms with van der Waals surface area (Å²) < 4.78 is 5.35. The van der Waals surface area contributed by atoms with Gasteiger partial charge in [0, 0.05) is 5.02 Å². The second-order valence-electron chi connectivity index (χ2n) is 4.68. The van der Waals surface area contributed by atoms with E-state index in [0.717, 1.165) is 0 Å². The fraction of sp³-hybridized carbons (Fsp3) is 0.417. The van der Waals surface area contributed by atoms with Gasteiger partial charge in [-0.25, -0.2) is 0 Å². The van der Waals surface area contributed by atoms with E-state index in [1.54, 1.807) is 18.2 Å². The van der Waals surface area contributed by atoms with E-state index >= 15 is 0 Å². The first-order valence-corrected chi connectivity index (χ1v) is 5.64. The van der Waals surface area contributed by atoms with E-state index in [9.17, 15) is 4.79 Å². The maximum atomic E-state index is 11.6. The molecule has 94 valence electrons. The summed E-state index contributed by atoms with van der Waals surface area (Å²) in [4.78, 5) is 11.6. The third kappa shape index (κ3) is 5.06. The largest absolute Gasteiger partial charge is 0.397 e. The number of carbonyl (C=O) groups excluding carboxylic acids is 1. The minimum atomic E-state index is -0.350. The Bertz CT molecular complexity index is 413. The van der Waals surface area contributed by atoms with Crippen molar-refractivity contribution in [2.24, 2.45) is 0 Å². The summed E-state index contributed by atoms with van der Waals surface area (Å²) in [5.41, 5.74) is 6.33. The third-order valence-electron chi connectivity index (χ3n) is 1.93. The van der Waals surface area contributed by atoms with Gasteiger partial charge in [0.15, 0.2) is 0 Å². The molecule has 0 bridgehead atoms. The molecule has 0 radical (unpaired) electrons. The van der Waals surface area contributed by atoms with E-state index < -0.39 is 0 Å². The molecular formula is C12H17ClN2O2. The van der Waals surface area contributed by atoms with E-state index in [2.05, 4.69) is 5.32 Å². The molecule has 0 atom stereocenters. The van der Waals surface area contributed by atoms with Crippen molar-refractivity contribution in [1.29, 1.82) is 0 Å². The highest BCUT2D eigenvalue weighted by atomic mass is 35.5. The minimum Gasteiger partial charge on any atom is -0.397 e. The molecule has 0 aromatic heterocycles. The zero-order chi connectivity index (χ0) is 13.1. The smallest absolute Gasteiger partial charge is 0.250 e. The molecule has 3 N–H and O–H groups in total. The summed E-state index contributed by atoms with van der Waals surface area (Å²) in [5.74, 6) is -0.256. The number of hydrogen-bond acceptors (Lipinski definition) is 3. The highest BCUT2D eigenvalue weighted by Gasteiger charge is 2.13. The quantitative estimate of drug-likeness (QED) is 0.818. The van der Waals surface area contributed by atoms with E-state index in [0.29, 0.717) is 16.4 Å². The average molecular weight is 257 g/mol. The molecule has 0 fully saturated rings. The summed E-state index contributed by atoms with van der Waals surface area (Å²) in [5, 5.41) is 3.17. The molecule has 0 unspecified atom stereocenters. The second kappa shape index (κ2) is 5.38. The molecule has 0 spiro atoms. The van der Waals surface area contributed by atoms with Gasteiger partial charge in [0.05, 0.1) is 17.0 Å². The highest BCUT2D eigenvalue weighted by Crippen LogP contribution is 2.22. The summed E-state index contributed by atoms with van der Waals surface area (Å²) >= 11 is 5.81. The monoisotopic (exact) mass is 256 g/mol. The SMILES string of the molecule is CC(C)(C)OCC(=O)Nc1cc(Cl)ccc1N. The topological polar surface area (TPSA) is 64.3 Å². The number of nitrogens with one attached hydrogen (secondary N) is 1. The Morgan fingerprint density at radius 1 is 1.47 bits per heavy atom. The molecule has 1 rings (SSSR count). The van der Waals surface area contributed by atoms with E-state index in [1.165, 1.54) is 0 Å². The number of rotatable bonds is 3. The molecule has 17 heavy (non-hydrogen) atoms. The second-order valence-corrected chi connectivity index (χ2v) is 5.12. The molecule has 5 heteroatoms. The van der Waals surface area contributed by atoms with Gasteiger partial charge < -0.3 is 15.8 Å². The molecule has 0 aliphatic carbocycles. The number of benzene rings is 1. The van der Waals surface area contributed by atoms with Crippen molar-refractivity contribution in [3.63, 3.8) is 0 Å². The van der Waals surface area contributed by atoms with E-state index in [4.69, 9.17) is 22.1 Å². The van der Waals surface area contributed by atoms with E-state index in [1.807, 2.05) is 20.8 Å². The number of anilines is 2. The van der Waals surface area contributed by atoms with Crippen LogP contribution < -0.4 is 11.1 Å². The van der Waals surface area contributed by atoms with Crippen LogP contribution in [0.5, 0.6) is 0 Å². The molecule has 0 aliphatic heterocycles. The summed E-state index contributed by atoms with van der Waals surface area (Å²) in [6, 6.07) is 4.91. The maximum Gasteiger partial charge on any atom is 0.250 e. The zero-order valence-electron chi connectivity index (χ0n) is 10.2. The summed E-state index contributed by atoms with van der Waals surface area (Å²) in [6.45, 7) is 5.63. The van der Waals surface area contributed by atoms with Crippen LogP contribution in [-0.2, 0) is 9.53 Å². The van der Waals surface area contributed by atoms with Gasteiger partial charge in [-0.1, -0.05) is 11.6 Å². The van der Waals surface area contributed by atoms with E-state index in [-0.39, 0.29) is 18.1 Å². The lowest BCUT2D eigenvalue weighted by Gasteiger charge is -2.19. The van der Waals surface area contributed by atoms with Crippen LogP contribution in [-0.4, -0.2) is 18.1 Å². The fourth-order valence-electron chi connectivity index (χ4n) is 1.11. The van der Waals surface area contributed by atoms with Crippen molar-refractivity contribution in [3.8, 4) is 0 Å². The Labute approximate surface area is 106 Å². The summed E-state index contributed by atoms with van der Waals surface area (Å²) in [6.07, 6.45) is 0. The van der Waals surface area contributed by atoms with Crippen molar-refractivity contribution in [1.82, 2.24) is 0 Å². The van der Waals surface area contributed by atoms with Gasteiger partial charge in [0.2, 0.25) is 5.91 Å². The Hall–Kier alpha value is -1.26. The molecule has 1 aromatic carbocycles. The van der Waals surface area contributed by atoms with Crippen molar-refractivity contribution >= 4 is 28.9 Å². The average Bonchev–Trinajstić information content (AvgIpc) is 2.20. The Balaban J connectivity index is 2.59. The van der Waals surface area contributed by atoms with Crippen LogP contribution in [0, 0.1) is 0 Å².